The molecule has 2 rings (SSSR count). The maximum absolute atomic E-state index is 12.4. The quantitative estimate of drug-likeness (QED) is 0.766. The molecule has 2 aliphatic rings. The molecule has 21 heavy (non-hydrogen) atoms. The van der Waals surface area contributed by atoms with Crippen molar-refractivity contribution in [1.82, 2.24) is 10.2 Å². The number of aliphatic carboxylic acids is 1. The molecule has 1 saturated carbocycles. The van der Waals surface area contributed by atoms with E-state index in [0.29, 0.717) is 19.0 Å². The molecule has 0 bridgehead atoms. The van der Waals surface area contributed by atoms with Gasteiger partial charge in [0.2, 0.25) is 0 Å². The highest BCUT2D eigenvalue weighted by atomic mass is 16.4. The van der Waals surface area contributed by atoms with Crippen LogP contribution >= 0.6 is 0 Å². The van der Waals surface area contributed by atoms with Gasteiger partial charge in [0.05, 0.1) is 0 Å². The van der Waals surface area contributed by atoms with Gasteiger partial charge in [0.15, 0.2) is 0 Å². The van der Waals surface area contributed by atoms with Crippen molar-refractivity contribution in [3.8, 4) is 0 Å². The molecule has 0 aromatic heterocycles. The van der Waals surface area contributed by atoms with E-state index in [1.54, 1.807) is 0 Å². The van der Waals surface area contributed by atoms with Gasteiger partial charge < -0.3 is 15.3 Å². The average molecular weight is 294 g/mol. The lowest BCUT2D eigenvalue weighted by atomic mass is 9.64. The van der Waals surface area contributed by atoms with Crippen LogP contribution in [0.15, 0.2) is 11.6 Å². The minimum atomic E-state index is -0.744. The molecule has 118 valence electrons. The second-order valence-corrected chi connectivity index (χ2v) is 6.65. The van der Waals surface area contributed by atoms with Crippen molar-refractivity contribution < 1.29 is 14.7 Å². The van der Waals surface area contributed by atoms with E-state index in [9.17, 15) is 9.59 Å². The van der Waals surface area contributed by atoms with Gasteiger partial charge in [-0.3, -0.25) is 4.79 Å². The number of carbonyl (C=O) groups is 2. The van der Waals surface area contributed by atoms with Gasteiger partial charge in [0, 0.05) is 25.0 Å². The fourth-order valence-corrected chi connectivity index (χ4v) is 3.59. The average Bonchev–Trinajstić information content (AvgIpc) is 2.55. The van der Waals surface area contributed by atoms with Crippen LogP contribution in [0.4, 0.5) is 4.79 Å². The summed E-state index contributed by atoms with van der Waals surface area (Å²) < 4.78 is 0. The Morgan fingerprint density at radius 3 is 2.71 bits per heavy atom. The van der Waals surface area contributed by atoms with Crippen LogP contribution in [0.5, 0.6) is 0 Å². The Morgan fingerprint density at radius 2 is 2.19 bits per heavy atom. The molecule has 0 saturated heterocycles. The van der Waals surface area contributed by atoms with Gasteiger partial charge in [0.1, 0.15) is 0 Å². The lowest BCUT2D eigenvalue weighted by Crippen LogP contribution is -2.61. The molecule has 0 spiro atoms. The highest BCUT2D eigenvalue weighted by Crippen LogP contribution is 2.46. The maximum Gasteiger partial charge on any atom is 0.318 e. The molecule has 2 amide bonds. The minimum absolute atomic E-state index is 0.0162. The van der Waals surface area contributed by atoms with Crippen LogP contribution < -0.4 is 5.32 Å². The van der Waals surface area contributed by atoms with Gasteiger partial charge in [-0.15, -0.1) is 0 Å². The van der Waals surface area contributed by atoms with Crippen molar-refractivity contribution in [3.63, 3.8) is 0 Å². The summed E-state index contributed by atoms with van der Waals surface area (Å²) in [7, 11) is 0. The number of urea groups is 1. The molecular formula is C16H26N2O3. The molecule has 1 fully saturated rings. The summed E-state index contributed by atoms with van der Waals surface area (Å²) in [5.74, 6) is -0.108. The third-order valence-corrected chi connectivity index (χ3v) is 5.00. The molecule has 1 aliphatic carbocycles. The Bertz CT molecular complexity index is 450. The van der Waals surface area contributed by atoms with Crippen molar-refractivity contribution in [1.29, 1.82) is 0 Å². The topological polar surface area (TPSA) is 69.6 Å². The van der Waals surface area contributed by atoms with Gasteiger partial charge in [0.25, 0.3) is 0 Å². The molecule has 0 atom stereocenters. The lowest BCUT2D eigenvalue weighted by Gasteiger charge is -2.53. The zero-order chi connectivity index (χ0) is 15.6. The Balaban J connectivity index is 2.08. The molecule has 0 radical (unpaired) electrons. The van der Waals surface area contributed by atoms with Crippen molar-refractivity contribution in [2.24, 2.45) is 11.8 Å². The zero-order valence-corrected chi connectivity index (χ0v) is 13.2. The minimum Gasteiger partial charge on any atom is -0.481 e. The third kappa shape index (κ3) is 3.22. The predicted octanol–water partition coefficient (Wildman–Crippen LogP) is 2.63. The van der Waals surface area contributed by atoms with E-state index in [-0.39, 0.29) is 23.9 Å². The first-order chi connectivity index (χ1) is 9.88. The molecule has 1 aliphatic heterocycles. The number of nitrogens with one attached hydrogen (secondary N) is 1. The fourth-order valence-electron chi connectivity index (χ4n) is 3.59. The molecular weight excluding hydrogens is 268 g/mol. The van der Waals surface area contributed by atoms with E-state index in [2.05, 4.69) is 32.2 Å². The second-order valence-electron chi connectivity index (χ2n) is 6.65. The van der Waals surface area contributed by atoms with Crippen LogP contribution in [0.1, 0.15) is 46.5 Å². The highest BCUT2D eigenvalue weighted by molar-refractivity contribution is 5.76. The molecule has 5 heteroatoms. The second kappa shape index (κ2) is 6.08. The number of carboxylic acids is 1. The Labute approximate surface area is 126 Å². The van der Waals surface area contributed by atoms with Gasteiger partial charge in [-0.05, 0) is 31.1 Å². The fraction of sp³-hybridized carbons (Fsp3) is 0.750. The van der Waals surface area contributed by atoms with E-state index < -0.39 is 5.97 Å². The molecule has 5 nitrogen and oxygen atoms in total. The van der Waals surface area contributed by atoms with Crippen LogP contribution in [-0.4, -0.2) is 40.6 Å². The SMILES string of the molecule is CCC1(N2CC=C(C(C)C)CNC2=O)CC(CC(=O)O)C1. The van der Waals surface area contributed by atoms with E-state index in [1.165, 1.54) is 5.57 Å². The van der Waals surface area contributed by atoms with Crippen LogP contribution in [0, 0.1) is 11.8 Å². The number of nitrogens with zero attached hydrogens (tertiary/aromatic N) is 1. The smallest absolute Gasteiger partial charge is 0.318 e. The van der Waals surface area contributed by atoms with Gasteiger partial charge in [-0.1, -0.05) is 32.4 Å². The van der Waals surface area contributed by atoms with E-state index in [0.717, 1.165) is 19.3 Å². The number of rotatable bonds is 5. The largest absolute Gasteiger partial charge is 0.481 e. The Kier molecular flexibility index (Phi) is 4.59. The Morgan fingerprint density at radius 1 is 1.52 bits per heavy atom. The first kappa shape index (κ1) is 15.9. The maximum atomic E-state index is 12.4. The number of carbonyl (C=O) groups excluding carboxylic acids is 1. The first-order valence-electron chi connectivity index (χ1n) is 7.84. The van der Waals surface area contributed by atoms with Crippen molar-refractivity contribution >= 4 is 12.0 Å². The van der Waals surface area contributed by atoms with Crippen LogP contribution in [0.2, 0.25) is 0 Å². The molecule has 1 heterocycles. The monoisotopic (exact) mass is 294 g/mol. The molecule has 0 aromatic carbocycles. The van der Waals surface area contributed by atoms with Gasteiger partial charge >= 0.3 is 12.0 Å². The zero-order valence-electron chi connectivity index (χ0n) is 13.2. The summed E-state index contributed by atoms with van der Waals surface area (Å²) in [6.45, 7) is 7.60. The number of carboxylic acid groups (broad SMARTS) is 1. The van der Waals surface area contributed by atoms with Crippen LogP contribution in [0.3, 0.4) is 0 Å². The predicted molar refractivity (Wildman–Crippen MR) is 81.0 cm³/mol. The standard InChI is InChI=1S/C16H26N2O3/c1-4-16(8-12(9-16)7-14(19)20)18-6-5-13(11(2)3)10-17-15(18)21/h5,11-12H,4,6-10H2,1-3H3,(H,17,21)(H,19,20). The molecule has 2 N–H and O–H groups in total. The van der Waals surface area contributed by atoms with Crippen molar-refractivity contribution in [2.45, 2.75) is 52.0 Å². The third-order valence-electron chi connectivity index (χ3n) is 5.00. The van der Waals surface area contributed by atoms with E-state index in [1.807, 2.05) is 4.90 Å². The van der Waals surface area contributed by atoms with Crippen molar-refractivity contribution in [3.05, 3.63) is 11.6 Å². The summed E-state index contributed by atoms with van der Waals surface area (Å²) in [5, 5.41) is 11.9. The molecule has 0 unspecified atom stereocenters. The number of hydrogen-bond acceptors (Lipinski definition) is 2. The van der Waals surface area contributed by atoms with Crippen molar-refractivity contribution in [2.75, 3.05) is 13.1 Å². The normalized spacial score (nSPS) is 29.5. The molecule has 0 aromatic rings. The van der Waals surface area contributed by atoms with Crippen LogP contribution in [0.25, 0.3) is 0 Å². The Hall–Kier alpha value is -1.52. The summed E-state index contributed by atoms with van der Waals surface area (Å²) in [4.78, 5) is 25.1. The van der Waals surface area contributed by atoms with E-state index >= 15 is 0 Å². The van der Waals surface area contributed by atoms with Gasteiger partial charge in [-0.2, -0.15) is 0 Å². The number of amides is 2. The summed E-state index contributed by atoms with van der Waals surface area (Å²) in [5.41, 5.74) is 1.10. The summed E-state index contributed by atoms with van der Waals surface area (Å²) in [6.07, 6.45) is 4.85. The van der Waals surface area contributed by atoms with Gasteiger partial charge in [-0.25, -0.2) is 4.79 Å². The lowest BCUT2D eigenvalue weighted by molar-refractivity contribution is -0.140. The van der Waals surface area contributed by atoms with E-state index in [4.69, 9.17) is 5.11 Å². The summed E-state index contributed by atoms with van der Waals surface area (Å²) in [6, 6.07) is -0.0162. The highest BCUT2D eigenvalue weighted by Gasteiger charge is 2.49. The van der Waals surface area contributed by atoms with Crippen LogP contribution in [-0.2, 0) is 4.79 Å². The summed E-state index contributed by atoms with van der Waals surface area (Å²) >= 11 is 0. The first-order valence-corrected chi connectivity index (χ1v) is 7.84. The number of hydrogen-bond donors (Lipinski definition) is 2.